The van der Waals surface area contributed by atoms with Crippen LogP contribution in [-0.2, 0) is 46.1 Å². The fourth-order valence-electron chi connectivity index (χ4n) is 3.84. The molecule has 6 nitrogen and oxygen atoms in total. The number of aryl methyl sites for hydroxylation is 2. The van der Waals surface area contributed by atoms with Crippen LogP contribution in [0.1, 0.15) is 54.0 Å². The largest absolute Gasteiger partial charge is 0.438 e. The first-order chi connectivity index (χ1) is 12.8. The van der Waals surface area contributed by atoms with E-state index in [1.165, 1.54) is 33.6 Å². The zero-order valence-electron chi connectivity index (χ0n) is 15.4. The van der Waals surface area contributed by atoms with E-state index < -0.39 is 22.2 Å². The first-order valence-electron chi connectivity index (χ1n) is 9.12. The molecule has 2 N–H and O–H groups in total. The minimum atomic E-state index is -1.90. The molecule has 0 unspecified atom stereocenters. The van der Waals surface area contributed by atoms with Gasteiger partial charge in [0.15, 0.2) is 0 Å². The number of anilines is 1. The van der Waals surface area contributed by atoms with Gasteiger partial charge in [0.1, 0.15) is 10.6 Å². The lowest BCUT2D eigenvalue weighted by Crippen LogP contribution is -2.15. The summed E-state index contributed by atoms with van der Waals surface area (Å²) in [5.74, 6) is 0. The molecule has 2 aliphatic rings. The van der Waals surface area contributed by atoms with E-state index in [0.717, 1.165) is 44.2 Å². The number of urea groups is 1. The van der Waals surface area contributed by atoms with Crippen molar-refractivity contribution in [2.24, 2.45) is 4.36 Å². The third kappa shape index (κ3) is 3.66. The maximum absolute atomic E-state index is 12.5. The van der Waals surface area contributed by atoms with E-state index in [1.54, 1.807) is 19.2 Å². The average Bonchev–Trinajstić information content (AvgIpc) is 3.33. The fraction of sp³-hybridized carbons (Fsp3) is 0.474. The van der Waals surface area contributed by atoms with Crippen molar-refractivity contribution in [3.8, 4) is 0 Å². The summed E-state index contributed by atoms with van der Waals surface area (Å²) in [5, 5.41) is 15.1. The number of hydrogen-bond donors (Lipinski definition) is 2. The van der Waals surface area contributed by atoms with Crippen LogP contribution in [0.25, 0.3) is 0 Å². The van der Waals surface area contributed by atoms with Crippen LogP contribution in [-0.4, -0.2) is 16.1 Å². The van der Waals surface area contributed by atoms with Crippen LogP contribution in [0.4, 0.5) is 10.5 Å². The van der Waals surface area contributed by atoms with Gasteiger partial charge in [-0.3, -0.25) is 4.98 Å². The molecule has 1 aromatic heterocycles. The van der Waals surface area contributed by atoms with Gasteiger partial charge in [0.05, 0.1) is 0 Å². The summed E-state index contributed by atoms with van der Waals surface area (Å²) >= 11 is 1.20. The van der Waals surface area contributed by atoms with Gasteiger partial charge in [0.25, 0.3) is 0 Å². The Balaban J connectivity index is 1.59. The first-order valence-corrected chi connectivity index (χ1v) is 11.1. The van der Waals surface area contributed by atoms with E-state index in [0.29, 0.717) is 5.01 Å². The molecule has 2 aliphatic carbocycles. The summed E-state index contributed by atoms with van der Waals surface area (Å²) in [6, 6.07) is 1.68. The van der Waals surface area contributed by atoms with Crippen molar-refractivity contribution in [2.45, 2.75) is 63.0 Å². The lowest BCUT2D eigenvalue weighted by molar-refractivity contribution is 0.0778. The number of benzene rings is 1. The SMILES string of the molecule is CC(C)(O)c1nc([S-](=O)=NC(=O)Nc2c3c(cc4c2CCC4)CCC3)cs1. The Kier molecular flexibility index (Phi) is 4.82. The lowest BCUT2D eigenvalue weighted by atomic mass is 9.99. The normalized spacial score (nSPS) is 17.0. The van der Waals surface area contributed by atoms with Crippen LogP contribution < -0.4 is 5.32 Å². The number of rotatable bonds is 3. The fourth-order valence-corrected chi connectivity index (χ4v) is 5.53. The van der Waals surface area contributed by atoms with Crippen LogP contribution in [0.5, 0.6) is 0 Å². The maximum Gasteiger partial charge on any atom is 0.322 e. The van der Waals surface area contributed by atoms with Gasteiger partial charge in [-0.15, -0.1) is 21.9 Å². The molecule has 2 aromatic rings. The van der Waals surface area contributed by atoms with E-state index in [9.17, 15) is 14.1 Å². The second kappa shape index (κ2) is 7.00. The standard InChI is InChI=1S/C19H22N3O3S2/c1-19(2,24)17-20-15(10-26-17)27(25)22-18(23)21-16-13-7-3-5-11(13)9-12-6-4-8-14(12)16/h9-10,24H,3-8H2,1-2H3,(H,21,23)/q-1. The van der Waals surface area contributed by atoms with Crippen molar-refractivity contribution < 1.29 is 14.1 Å². The first kappa shape index (κ1) is 18.6. The smallest absolute Gasteiger partial charge is 0.322 e. The lowest BCUT2D eigenvalue weighted by Gasteiger charge is -2.15. The van der Waals surface area contributed by atoms with Crippen molar-refractivity contribution >= 4 is 33.7 Å². The highest BCUT2D eigenvalue weighted by molar-refractivity contribution is 7.75. The molecule has 1 aromatic carbocycles. The Labute approximate surface area is 164 Å². The van der Waals surface area contributed by atoms with E-state index in [1.807, 2.05) is 0 Å². The van der Waals surface area contributed by atoms with Gasteiger partial charge in [-0.2, -0.15) is 0 Å². The van der Waals surface area contributed by atoms with Gasteiger partial charge >= 0.3 is 6.03 Å². The van der Waals surface area contributed by atoms with E-state index in [4.69, 9.17) is 0 Å². The number of aromatic nitrogens is 1. The average molecular weight is 405 g/mol. The number of carbonyl (C=O) groups is 1. The molecule has 4 rings (SSSR count). The molecule has 0 saturated heterocycles. The van der Waals surface area contributed by atoms with Gasteiger partial charge in [-0.25, -0.2) is 4.79 Å². The number of aliphatic hydroxyl groups is 1. The molecule has 0 spiro atoms. The number of nitrogens with one attached hydrogen (secondary N) is 1. The highest BCUT2D eigenvalue weighted by Crippen LogP contribution is 2.38. The Bertz CT molecular complexity index is 966. The third-order valence-electron chi connectivity index (χ3n) is 5.06. The predicted molar refractivity (Wildman–Crippen MR) is 106 cm³/mol. The summed E-state index contributed by atoms with van der Waals surface area (Å²) in [7, 11) is -1.90. The second-order valence-corrected chi connectivity index (χ2v) is 9.51. The van der Waals surface area contributed by atoms with Gasteiger partial charge in [-0.05, 0) is 80.0 Å². The Morgan fingerprint density at radius 2 is 1.85 bits per heavy atom. The van der Waals surface area contributed by atoms with Crippen LogP contribution in [0.15, 0.2) is 20.8 Å². The monoisotopic (exact) mass is 404 g/mol. The summed E-state index contributed by atoms with van der Waals surface area (Å²) in [4.78, 5) is 16.6. The van der Waals surface area contributed by atoms with Gasteiger partial charge in [-0.1, -0.05) is 6.07 Å². The number of carbonyl (C=O) groups excluding carboxylic acids is 1. The molecule has 8 heteroatoms. The Morgan fingerprint density at radius 3 is 2.41 bits per heavy atom. The number of thiazole rings is 1. The second-order valence-electron chi connectivity index (χ2n) is 7.55. The Hall–Kier alpha value is -1.77. The number of amides is 2. The molecular weight excluding hydrogens is 382 g/mol. The highest BCUT2D eigenvalue weighted by Gasteiger charge is 2.24. The molecular formula is C19H22N3O3S2-. The summed E-state index contributed by atoms with van der Waals surface area (Å²) < 4.78 is 16.2. The number of nitrogens with zero attached hydrogens (tertiary/aromatic N) is 2. The quantitative estimate of drug-likeness (QED) is 0.754. The highest BCUT2D eigenvalue weighted by atomic mass is 32.2. The summed E-state index contributed by atoms with van der Waals surface area (Å²) in [5.41, 5.74) is 4.84. The molecule has 27 heavy (non-hydrogen) atoms. The molecule has 0 aliphatic heterocycles. The molecule has 1 heterocycles. The number of fused-ring (bicyclic) bond motifs is 2. The molecule has 0 saturated carbocycles. The number of hydrogen-bond acceptors (Lipinski definition) is 6. The molecule has 0 bridgehead atoms. The minimum Gasteiger partial charge on any atom is -0.438 e. The van der Waals surface area contributed by atoms with Crippen LogP contribution in [0, 0.1) is 0 Å². The summed E-state index contributed by atoms with van der Waals surface area (Å²) in [6.45, 7) is 3.22. The van der Waals surface area contributed by atoms with Crippen molar-refractivity contribution in [3.63, 3.8) is 0 Å². The van der Waals surface area contributed by atoms with Crippen LogP contribution >= 0.6 is 11.3 Å². The maximum atomic E-state index is 12.5. The van der Waals surface area contributed by atoms with Gasteiger partial charge in [0, 0.05) is 10.7 Å². The molecule has 0 atom stereocenters. The zero-order valence-corrected chi connectivity index (χ0v) is 17.0. The Morgan fingerprint density at radius 1 is 1.22 bits per heavy atom. The molecule has 2 amide bonds. The van der Waals surface area contributed by atoms with E-state index in [2.05, 4.69) is 20.7 Å². The topological polar surface area (TPSA) is 91.7 Å². The molecule has 0 fully saturated rings. The molecule has 0 radical (unpaired) electrons. The minimum absolute atomic E-state index is 0.191. The van der Waals surface area contributed by atoms with Crippen molar-refractivity contribution in [1.29, 1.82) is 0 Å². The van der Waals surface area contributed by atoms with Crippen molar-refractivity contribution in [2.75, 3.05) is 5.32 Å². The molecule has 144 valence electrons. The summed E-state index contributed by atoms with van der Waals surface area (Å²) in [6.07, 6.45) is 6.22. The zero-order chi connectivity index (χ0) is 19.2. The predicted octanol–water partition coefficient (Wildman–Crippen LogP) is 4.09. The van der Waals surface area contributed by atoms with Gasteiger partial charge in [0.2, 0.25) is 0 Å². The van der Waals surface area contributed by atoms with E-state index >= 15 is 0 Å². The van der Waals surface area contributed by atoms with Gasteiger partial charge < -0.3 is 19.0 Å². The van der Waals surface area contributed by atoms with Crippen molar-refractivity contribution in [3.05, 3.63) is 38.7 Å². The van der Waals surface area contributed by atoms with Crippen LogP contribution in [0.2, 0.25) is 0 Å². The van der Waals surface area contributed by atoms with Crippen LogP contribution in [0.3, 0.4) is 0 Å². The van der Waals surface area contributed by atoms with Crippen molar-refractivity contribution in [1.82, 2.24) is 4.98 Å². The van der Waals surface area contributed by atoms with E-state index in [-0.39, 0.29) is 5.03 Å². The third-order valence-corrected chi connectivity index (χ3v) is 7.26.